The number of hydrogen-bond donors (Lipinski definition) is 1. The molecule has 26 heavy (non-hydrogen) atoms. The van der Waals surface area contributed by atoms with Gasteiger partial charge in [-0.25, -0.2) is 4.39 Å². The van der Waals surface area contributed by atoms with Crippen LogP contribution in [-0.4, -0.2) is 31.2 Å². The van der Waals surface area contributed by atoms with Crippen LogP contribution in [-0.2, 0) is 16.1 Å². The van der Waals surface area contributed by atoms with Crippen LogP contribution in [0.15, 0.2) is 18.2 Å². The summed E-state index contributed by atoms with van der Waals surface area (Å²) in [4.78, 5) is 14.5. The predicted octanol–water partition coefficient (Wildman–Crippen LogP) is 3.49. The van der Waals surface area contributed by atoms with Crippen molar-refractivity contribution < 1.29 is 13.9 Å². The van der Waals surface area contributed by atoms with E-state index in [9.17, 15) is 9.18 Å². The molecule has 5 heteroatoms. The number of amides is 1. The zero-order chi connectivity index (χ0) is 18.3. The molecular formula is C21H29FN2O2. The summed E-state index contributed by atoms with van der Waals surface area (Å²) in [6.45, 7) is 5.82. The van der Waals surface area contributed by atoms with Crippen molar-refractivity contribution in [1.29, 1.82) is 0 Å². The first-order valence-electron chi connectivity index (χ1n) is 9.96. The fraction of sp³-hybridized carbons (Fsp3) is 0.667. The van der Waals surface area contributed by atoms with E-state index in [-0.39, 0.29) is 29.9 Å². The second kappa shape index (κ2) is 7.18. The maximum Gasteiger partial charge on any atom is 0.223 e. The minimum atomic E-state index is -0.224. The largest absolute Gasteiger partial charge is 0.372 e. The monoisotopic (exact) mass is 360 g/mol. The van der Waals surface area contributed by atoms with Crippen molar-refractivity contribution >= 4 is 11.6 Å². The third kappa shape index (κ3) is 3.59. The molecule has 1 N–H and O–H groups in total. The molecule has 1 heterocycles. The number of morpholine rings is 1. The van der Waals surface area contributed by atoms with Crippen molar-refractivity contribution in [3.63, 3.8) is 0 Å². The second-order valence-corrected chi connectivity index (χ2v) is 8.45. The van der Waals surface area contributed by atoms with Crippen LogP contribution < -0.4 is 10.2 Å². The Morgan fingerprint density at radius 2 is 2.00 bits per heavy atom. The Bertz CT molecular complexity index is 670. The summed E-state index contributed by atoms with van der Waals surface area (Å²) < 4.78 is 20.4. The number of carbonyl (C=O) groups is 1. The molecule has 4 rings (SSSR count). The lowest BCUT2D eigenvalue weighted by molar-refractivity contribution is -0.126. The van der Waals surface area contributed by atoms with Gasteiger partial charge in [-0.3, -0.25) is 4.79 Å². The van der Waals surface area contributed by atoms with E-state index in [0.717, 1.165) is 17.9 Å². The van der Waals surface area contributed by atoms with Gasteiger partial charge in [0.15, 0.2) is 0 Å². The number of hydrogen-bond acceptors (Lipinski definition) is 3. The zero-order valence-corrected chi connectivity index (χ0v) is 15.7. The average Bonchev–Trinajstić information content (AvgIpc) is 3.22. The summed E-state index contributed by atoms with van der Waals surface area (Å²) in [5.74, 6) is 1.43. The molecule has 3 fully saturated rings. The summed E-state index contributed by atoms with van der Waals surface area (Å²) >= 11 is 0. The molecule has 1 aromatic carbocycles. The van der Waals surface area contributed by atoms with Gasteiger partial charge in [0, 0.05) is 25.6 Å². The lowest BCUT2D eigenvalue weighted by Gasteiger charge is -2.37. The van der Waals surface area contributed by atoms with Gasteiger partial charge in [-0.15, -0.1) is 0 Å². The smallest absolute Gasteiger partial charge is 0.223 e. The highest BCUT2D eigenvalue weighted by Gasteiger charge is 2.42. The lowest BCUT2D eigenvalue weighted by atomic mass is 9.88. The van der Waals surface area contributed by atoms with Crippen molar-refractivity contribution in [1.82, 2.24) is 5.32 Å². The average molecular weight is 360 g/mol. The van der Waals surface area contributed by atoms with Gasteiger partial charge in [-0.05, 0) is 62.6 Å². The minimum absolute atomic E-state index is 0.0962. The van der Waals surface area contributed by atoms with Crippen molar-refractivity contribution in [2.75, 3.05) is 18.0 Å². The number of fused-ring (bicyclic) bond motifs is 2. The topological polar surface area (TPSA) is 41.6 Å². The van der Waals surface area contributed by atoms with Gasteiger partial charge < -0.3 is 15.0 Å². The normalized spacial score (nSPS) is 33.5. The Labute approximate surface area is 155 Å². The van der Waals surface area contributed by atoms with Gasteiger partial charge in [-0.2, -0.15) is 0 Å². The van der Waals surface area contributed by atoms with Crippen LogP contribution in [0, 0.1) is 23.6 Å². The highest BCUT2D eigenvalue weighted by atomic mass is 19.1. The number of carbonyl (C=O) groups excluding carboxylic acids is 1. The van der Waals surface area contributed by atoms with E-state index in [2.05, 4.69) is 5.32 Å². The zero-order valence-electron chi connectivity index (χ0n) is 15.7. The van der Waals surface area contributed by atoms with Gasteiger partial charge in [0.05, 0.1) is 17.9 Å². The summed E-state index contributed by atoms with van der Waals surface area (Å²) in [6.07, 6.45) is 4.94. The minimum Gasteiger partial charge on any atom is -0.372 e. The Morgan fingerprint density at radius 3 is 2.62 bits per heavy atom. The van der Waals surface area contributed by atoms with Gasteiger partial charge in [0.2, 0.25) is 5.91 Å². The second-order valence-electron chi connectivity index (χ2n) is 8.45. The summed E-state index contributed by atoms with van der Waals surface area (Å²) in [6, 6.07) is 5.31. The molecule has 3 aliphatic rings. The lowest BCUT2D eigenvalue weighted by Crippen LogP contribution is -2.45. The van der Waals surface area contributed by atoms with Crippen LogP contribution in [0.5, 0.6) is 0 Å². The number of nitrogens with zero attached hydrogens (tertiary/aromatic N) is 1. The van der Waals surface area contributed by atoms with Crippen LogP contribution in [0.1, 0.15) is 45.1 Å². The van der Waals surface area contributed by atoms with Crippen LogP contribution in [0.3, 0.4) is 0 Å². The number of ether oxygens (including phenoxy) is 1. The van der Waals surface area contributed by atoms with E-state index in [1.165, 1.54) is 19.3 Å². The number of rotatable bonds is 4. The molecule has 2 saturated carbocycles. The molecule has 1 aliphatic heterocycles. The first-order valence-corrected chi connectivity index (χ1v) is 9.96. The quantitative estimate of drug-likeness (QED) is 0.894. The van der Waals surface area contributed by atoms with E-state index < -0.39 is 0 Å². The maximum atomic E-state index is 14.6. The van der Waals surface area contributed by atoms with Gasteiger partial charge in [-0.1, -0.05) is 12.5 Å². The van der Waals surface area contributed by atoms with Crippen LogP contribution in [0.25, 0.3) is 0 Å². The molecular weight excluding hydrogens is 331 g/mol. The Hall–Kier alpha value is -1.62. The highest BCUT2D eigenvalue weighted by molar-refractivity contribution is 5.79. The molecule has 1 aromatic rings. The molecule has 0 aromatic heterocycles. The molecule has 0 spiro atoms. The Kier molecular flexibility index (Phi) is 4.91. The highest BCUT2D eigenvalue weighted by Crippen LogP contribution is 2.48. The molecule has 142 valence electrons. The van der Waals surface area contributed by atoms with E-state index in [1.54, 1.807) is 6.07 Å². The van der Waals surface area contributed by atoms with Crippen molar-refractivity contribution in [3.05, 3.63) is 29.6 Å². The Morgan fingerprint density at radius 1 is 1.23 bits per heavy atom. The van der Waals surface area contributed by atoms with E-state index in [1.807, 2.05) is 30.9 Å². The van der Waals surface area contributed by atoms with Gasteiger partial charge >= 0.3 is 0 Å². The van der Waals surface area contributed by atoms with E-state index in [0.29, 0.717) is 31.2 Å². The molecule has 1 saturated heterocycles. The van der Waals surface area contributed by atoms with Gasteiger partial charge in [0.25, 0.3) is 0 Å². The first-order chi connectivity index (χ1) is 12.5. The van der Waals surface area contributed by atoms with E-state index in [4.69, 9.17) is 4.74 Å². The molecule has 1 amide bonds. The number of benzene rings is 1. The third-order valence-corrected chi connectivity index (χ3v) is 6.31. The number of anilines is 1. The summed E-state index contributed by atoms with van der Waals surface area (Å²) in [5.41, 5.74) is 1.44. The molecule has 2 aliphatic carbocycles. The fourth-order valence-electron chi connectivity index (χ4n) is 5.18. The standard InChI is InChI=1S/C21H29FN2O2/c1-13-11-24(12-14(2)26-13)20-6-4-16(9-19(20)22)10-23-21(25)18-8-15-3-5-17(18)7-15/h4,6,9,13-15,17-18H,3,5,7-8,10-12H2,1-2H3,(H,23,25)/t13-,14-,15+,17+,18+/m1/s1. The molecule has 5 atom stereocenters. The number of halogens is 1. The number of nitrogens with one attached hydrogen (secondary N) is 1. The van der Waals surface area contributed by atoms with Crippen LogP contribution in [0.4, 0.5) is 10.1 Å². The summed E-state index contributed by atoms with van der Waals surface area (Å²) in [5, 5.41) is 3.03. The van der Waals surface area contributed by atoms with Crippen molar-refractivity contribution in [2.45, 2.75) is 58.3 Å². The van der Waals surface area contributed by atoms with Crippen LogP contribution >= 0.6 is 0 Å². The third-order valence-electron chi connectivity index (χ3n) is 6.31. The summed E-state index contributed by atoms with van der Waals surface area (Å²) in [7, 11) is 0. The predicted molar refractivity (Wildman–Crippen MR) is 99.4 cm³/mol. The fourth-order valence-corrected chi connectivity index (χ4v) is 5.18. The van der Waals surface area contributed by atoms with Crippen molar-refractivity contribution in [3.8, 4) is 0 Å². The molecule has 0 radical (unpaired) electrons. The van der Waals surface area contributed by atoms with Gasteiger partial charge in [0.1, 0.15) is 5.82 Å². The van der Waals surface area contributed by atoms with Crippen LogP contribution in [0.2, 0.25) is 0 Å². The molecule has 4 nitrogen and oxygen atoms in total. The molecule has 0 unspecified atom stereocenters. The van der Waals surface area contributed by atoms with Crippen molar-refractivity contribution in [2.24, 2.45) is 17.8 Å². The SMILES string of the molecule is C[C@@H]1CN(c2ccc(CNC(=O)[C@H]3C[C@H]4CC[C@H]3C4)cc2F)C[C@@H](C)O1. The molecule has 2 bridgehead atoms. The first kappa shape index (κ1) is 17.8. The van der Waals surface area contributed by atoms with E-state index >= 15 is 0 Å². The Balaban J connectivity index is 1.36. The maximum absolute atomic E-state index is 14.6.